The van der Waals surface area contributed by atoms with Gasteiger partial charge >= 0.3 is 0 Å². The van der Waals surface area contributed by atoms with Crippen LogP contribution in [0.1, 0.15) is 15.9 Å². The van der Waals surface area contributed by atoms with E-state index in [1.807, 2.05) is 6.07 Å². The van der Waals surface area contributed by atoms with Gasteiger partial charge in [0.05, 0.1) is 15.6 Å². The summed E-state index contributed by atoms with van der Waals surface area (Å²) in [6.07, 6.45) is 2.81. The highest BCUT2D eigenvalue weighted by Crippen LogP contribution is 2.25. The number of hydrogen-bond acceptors (Lipinski definition) is 2. The molecule has 0 aliphatic rings. The Balaban J connectivity index is 2.50. The number of nitrogens with zero attached hydrogens (tertiary/aromatic N) is 1. The van der Waals surface area contributed by atoms with E-state index in [0.29, 0.717) is 11.1 Å². The Bertz CT molecular complexity index is 506. The van der Waals surface area contributed by atoms with Gasteiger partial charge in [0.1, 0.15) is 0 Å². The number of ketones is 1. The van der Waals surface area contributed by atoms with Crippen molar-refractivity contribution in [2.75, 3.05) is 0 Å². The number of pyridine rings is 1. The minimum Gasteiger partial charge on any atom is -0.288 e. The van der Waals surface area contributed by atoms with Crippen LogP contribution in [0.25, 0.3) is 0 Å². The summed E-state index contributed by atoms with van der Waals surface area (Å²) in [7, 11) is 0. The molecule has 0 bridgehead atoms. The van der Waals surface area contributed by atoms with E-state index in [9.17, 15) is 4.79 Å². The number of benzene rings is 1. The third kappa shape index (κ3) is 2.08. The molecule has 0 saturated heterocycles. The third-order valence-electron chi connectivity index (χ3n) is 2.12. The second kappa shape index (κ2) is 4.64. The standard InChI is InChI=1S/C12H7Cl2NO/c13-9-6-15-7-10(14)11(9)12(16)8-4-2-1-3-5-8/h1-7H. The van der Waals surface area contributed by atoms with Crippen molar-refractivity contribution in [1.82, 2.24) is 4.98 Å². The van der Waals surface area contributed by atoms with E-state index in [-0.39, 0.29) is 15.8 Å². The van der Waals surface area contributed by atoms with Crippen LogP contribution in [0, 0.1) is 0 Å². The minimum atomic E-state index is -0.196. The molecule has 0 unspecified atom stereocenters. The molecule has 0 radical (unpaired) electrons. The predicted octanol–water partition coefficient (Wildman–Crippen LogP) is 3.62. The molecule has 0 amide bonds. The zero-order valence-corrected chi connectivity index (χ0v) is 9.66. The molecule has 0 aliphatic heterocycles. The van der Waals surface area contributed by atoms with E-state index in [4.69, 9.17) is 23.2 Å². The molecule has 0 spiro atoms. The van der Waals surface area contributed by atoms with Crippen molar-refractivity contribution in [2.24, 2.45) is 0 Å². The molecule has 0 atom stereocenters. The van der Waals surface area contributed by atoms with E-state index in [2.05, 4.69) is 4.98 Å². The summed E-state index contributed by atoms with van der Waals surface area (Å²) in [6, 6.07) is 8.85. The highest BCUT2D eigenvalue weighted by Gasteiger charge is 2.16. The summed E-state index contributed by atoms with van der Waals surface area (Å²) in [6.45, 7) is 0. The molecule has 4 heteroatoms. The van der Waals surface area contributed by atoms with Crippen molar-refractivity contribution < 1.29 is 4.79 Å². The fourth-order valence-corrected chi connectivity index (χ4v) is 1.90. The fourth-order valence-electron chi connectivity index (χ4n) is 1.36. The highest BCUT2D eigenvalue weighted by molar-refractivity contribution is 6.40. The molecule has 2 nitrogen and oxygen atoms in total. The molecule has 0 N–H and O–H groups in total. The SMILES string of the molecule is O=C(c1ccccc1)c1c(Cl)cncc1Cl. The fraction of sp³-hybridized carbons (Fsp3) is 0. The van der Waals surface area contributed by atoms with Crippen LogP contribution in [0.3, 0.4) is 0 Å². The predicted molar refractivity (Wildman–Crippen MR) is 64.1 cm³/mol. The van der Waals surface area contributed by atoms with Gasteiger partial charge in [-0.15, -0.1) is 0 Å². The van der Waals surface area contributed by atoms with Crippen LogP contribution >= 0.6 is 23.2 Å². The van der Waals surface area contributed by atoms with E-state index in [1.165, 1.54) is 12.4 Å². The molecule has 16 heavy (non-hydrogen) atoms. The lowest BCUT2D eigenvalue weighted by molar-refractivity contribution is 0.103. The van der Waals surface area contributed by atoms with Gasteiger partial charge < -0.3 is 0 Å². The van der Waals surface area contributed by atoms with Crippen molar-refractivity contribution in [3.8, 4) is 0 Å². The van der Waals surface area contributed by atoms with E-state index < -0.39 is 0 Å². The van der Waals surface area contributed by atoms with Gasteiger partial charge in [0, 0.05) is 18.0 Å². The molecule has 2 aromatic rings. The number of rotatable bonds is 2. The lowest BCUT2D eigenvalue weighted by Crippen LogP contribution is -2.03. The molecule has 1 aromatic heterocycles. The van der Waals surface area contributed by atoms with E-state index >= 15 is 0 Å². The zero-order chi connectivity index (χ0) is 11.5. The maximum atomic E-state index is 12.1. The highest BCUT2D eigenvalue weighted by atomic mass is 35.5. The molecule has 1 heterocycles. The molecular formula is C12H7Cl2NO. The zero-order valence-electron chi connectivity index (χ0n) is 8.15. The first-order valence-corrected chi connectivity index (χ1v) is 5.34. The quantitative estimate of drug-likeness (QED) is 0.764. The maximum Gasteiger partial charge on any atom is 0.196 e. The normalized spacial score (nSPS) is 10.1. The first-order valence-electron chi connectivity index (χ1n) is 4.59. The summed E-state index contributed by atoms with van der Waals surface area (Å²) < 4.78 is 0. The van der Waals surface area contributed by atoms with Gasteiger partial charge in [-0.25, -0.2) is 0 Å². The Morgan fingerprint density at radius 2 is 1.56 bits per heavy atom. The number of carbonyl (C=O) groups excluding carboxylic acids is 1. The monoisotopic (exact) mass is 251 g/mol. The number of halogens is 2. The largest absolute Gasteiger partial charge is 0.288 e. The number of carbonyl (C=O) groups is 1. The summed E-state index contributed by atoms with van der Waals surface area (Å²) in [4.78, 5) is 15.9. The van der Waals surface area contributed by atoms with Crippen molar-refractivity contribution in [3.05, 3.63) is 63.9 Å². The average molecular weight is 252 g/mol. The van der Waals surface area contributed by atoms with Crippen LogP contribution in [0.2, 0.25) is 10.0 Å². The number of aromatic nitrogens is 1. The Morgan fingerprint density at radius 3 is 2.12 bits per heavy atom. The summed E-state index contributed by atoms with van der Waals surface area (Å²) in [5.74, 6) is -0.196. The minimum absolute atomic E-state index is 0.196. The first-order chi connectivity index (χ1) is 7.70. The van der Waals surface area contributed by atoms with Crippen LogP contribution in [-0.2, 0) is 0 Å². The molecule has 80 valence electrons. The second-order valence-electron chi connectivity index (χ2n) is 3.17. The van der Waals surface area contributed by atoms with Gasteiger partial charge in [-0.05, 0) is 0 Å². The summed E-state index contributed by atoms with van der Waals surface area (Å²) in [5.41, 5.74) is 0.849. The van der Waals surface area contributed by atoms with Gasteiger partial charge in [0.15, 0.2) is 5.78 Å². The van der Waals surface area contributed by atoms with Crippen molar-refractivity contribution in [3.63, 3.8) is 0 Å². The Labute approximate surface area is 103 Å². The number of hydrogen-bond donors (Lipinski definition) is 0. The molecule has 0 saturated carbocycles. The molecule has 1 aromatic carbocycles. The summed E-state index contributed by atoms with van der Waals surface area (Å²) in [5, 5.41) is 0.530. The van der Waals surface area contributed by atoms with Gasteiger partial charge in [-0.1, -0.05) is 53.5 Å². The third-order valence-corrected chi connectivity index (χ3v) is 2.69. The molecular weight excluding hydrogens is 245 g/mol. The van der Waals surface area contributed by atoms with E-state index in [1.54, 1.807) is 24.3 Å². The smallest absolute Gasteiger partial charge is 0.196 e. The van der Waals surface area contributed by atoms with Crippen LogP contribution < -0.4 is 0 Å². The maximum absolute atomic E-state index is 12.1. The molecule has 2 rings (SSSR count). The van der Waals surface area contributed by atoms with Crippen LogP contribution in [-0.4, -0.2) is 10.8 Å². The lowest BCUT2D eigenvalue weighted by Gasteiger charge is -2.04. The summed E-state index contributed by atoms with van der Waals surface area (Å²) >= 11 is 11.8. The average Bonchev–Trinajstić information content (AvgIpc) is 2.30. The van der Waals surface area contributed by atoms with Gasteiger partial charge in [0.25, 0.3) is 0 Å². The van der Waals surface area contributed by atoms with Crippen LogP contribution in [0.5, 0.6) is 0 Å². The van der Waals surface area contributed by atoms with Gasteiger partial charge in [-0.3, -0.25) is 9.78 Å². The topological polar surface area (TPSA) is 30.0 Å². The van der Waals surface area contributed by atoms with Gasteiger partial charge in [-0.2, -0.15) is 0 Å². The van der Waals surface area contributed by atoms with E-state index in [0.717, 1.165) is 0 Å². The molecule has 0 aliphatic carbocycles. The Kier molecular flexibility index (Phi) is 3.22. The van der Waals surface area contributed by atoms with Crippen LogP contribution in [0.15, 0.2) is 42.7 Å². The second-order valence-corrected chi connectivity index (χ2v) is 3.99. The first kappa shape index (κ1) is 11.1. The Morgan fingerprint density at radius 1 is 1.00 bits per heavy atom. The Hall–Kier alpha value is -1.38. The van der Waals surface area contributed by atoms with Gasteiger partial charge in [0.2, 0.25) is 0 Å². The van der Waals surface area contributed by atoms with Crippen molar-refractivity contribution in [1.29, 1.82) is 0 Å². The molecule has 0 fully saturated rings. The lowest BCUT2D eigenvalue weighted by atomic mass is 10.0. The van der Waals surface area contributed by atoms with Crippen molar-refractivity contribution in [2.45, 2.75) is 0 Å². The van der Waals surface area contributed by atoms with Crippen molar-refractivity contribution >= 4 is 29.0 Å². The van der Waals surface area contributed by atoms with Crippen LogP contribution in [0.4, 0.5) is 0 Å².